The molecule has 2 rings (SSSR count). The monoisotopic (exact) mass is 252 g/mol. The number of amides is 1. The normalized spacial score (nSPS) is 26.6. The van der Waals surface area contributed by atoms with Gasteiger partial charge in [0, 0.05) is 19.5 Å². The molecule has 2 heterocycles. The molecule has 1 N–H and O–H groups in total. The second-order valence-corrected chi connectivity index (χ2v) is 6.38. The molecule has 104 valence electrons. The fraction of sp³-hybridized carbons (Fsp3) is 0.933. The molecule has 1 unspecified atom stereocenters. The molecule has 2 aliphatic rings. The van der Waals surface area contributed by atoms with Crippen molar-refractivity contribution >= 4 is 5.91 Å². The maximum absolute atomic E-state index is 12.2. The van der Waals surface area contributed by atoms with Gasteiger partial charge in [-0.2, -0.15) is 0 Å². The van der Waals surface area contributed by atoms with E-state index in [2.05, 4.69) is 24.1 Å². The van der Waals surface area contributed by atoms with Crippen molar-refractivity contribution in [1.82, 2.24) is 10.2 Å². The number of carbonyl (C=O) groups excluding carboxylic acids is 1. The second-order valence-electron chi connectivity index (χ2n) is 6.38. The molecule has 0 aromatic heterocycles. The molecular formula is C15H28N2O. The van der Waals surface area contributed by atoms with E-state index in [1.54, 1.807) is 0 Å². The van der Waals surface area contributed by atoms with Crippen molar-refractivity contribution in [2.24, 2.45) is 17.8 Å². The van der Waals surface area contributed by atoms with E-state index in [4.69, 9.17) is 0 Å². The fourth-order valence-electron chi connectivity index (χ4n) is 3.29. The molecule has 0 spiro atoms. The van der Waals surface area contributed by atoms with Crippen LogP contribution in [0.2, 0.25) is 0 Å². The molecule has 2 saturated heterocycles. The predicted octanol–water partition coefficient (Wildman–Crippen LogP) is 2.27. The summed E-state index contributed by atoms with van der Waals surface area (Å²) in [5, 5.41) is 3.39. The first-order valence-corrected chi connectivity index (χ1v) is 7.65. The maximum atomic E-state index is 12.2. The van der Waals surface area contributed by atoms with E-state index in [1.807, 2.05) is 0 Å². The van der Waals surface area contributed by atoms with Crippen LogP contribution in [0.5, 0.6) is 0 Å². The minimum Gasteiger partial charge on any atom is -0.343 e. The zero-order valence-corrected chi connectivity index (χ0v) is 12.0. The summed E-state index contributed by atoms with van der Waals surface area (Å²) in [6, 6.07) is 0. The summed E-state index contributed by atoms with van der Waals surface area (Å²) in [6.07, 6.45) is 5.62. The van der Waals surface area contributed by atoms with E-state index in [1.165, 1.54) is 25.7 Å². The average molecular weight is 252 g/mol. The van der Waals surface area contributed by atoms with Crippen molar-refractivity contribution in [2.75, 3.05) is 26.2 Å². The van der Waals surface area contributed by atoms with Crippen molar-refractivity contribution in [2.45, 2.75) is 46.0 Å². The van der Waals surface area contributed by atoms with E-state index in [9.17, 15) is 4.79 Å². The quantitative estimate of drug-likeness (QED) is 0.835. The Kier molecular flexibility index (Phi) is 5.04. The highest BCUT2D eigenvalue weighted by Gasteiger charge is 2.26. The van der Waals surface area contributed by atoms with Gasteiger partial charge in [-0.1, -0.05) is 13.8 Å². The van der Waals surface area contributed by atoms with E-state index >= 15 is 0 Å². The van der Waals surface area contributed by atoms with Crippen LogP contribution >= 0.6 is 0 Å². The molecule has 2 fully saturated rings. The first-order chi connectivity index (χ1) is 8.66. The Hall–Kier alpha value is -0.570. The largest absolute Gasteiger partial charge is 0.343 e. The van der Waals surface area contributed by atoms with Crippen molar-refractivity contribution in [3.8, 4) is 0 Å². The van der Waals surface area contributed by atoms with Gasteiger partial charge in [0.15, 0.2) is 0 Å². The summed E-state index contributed by atoms with van der Waals surface area (Å²) in [4.78, 5) is 14.3. The summed E-state index contributed by atoms with van der Waals surface area (Å²) in [6.45, 7) is 8.74. The van der Waals surface area contributed by atoms with Crippen molar-refractivity contribution < 1.29 is 4.79 Å². The minimum absolute atomic E-state index is 0.394. The predicted molar refractivity (Wildman–Crippen MR) is 74.4 cm³/mol. The third kappa shape index (κ3) is 3.71. The van der Waals surface area contributed by atoms with Gasteiger partial charge in [0.1, 0.15) is 0 Å². The molecule has 0 aromatic rings. The van der Waals surface area contributed by atoms with E-state index in [-0.39, 0.29) is 0 Å². The lowest BCUT2D eigenvalue weighted by Crippen LogP contribution is -2.41. The van der Waals surface area contributed by atoms with Gasteiger partial charge >= 0.3 is 0 Å². The number of carbonyl (C=O) groups is 1. The summed E-state index contributed by atoms with van der Waals surface area (Å²) in [5.41, 5.74) is 0. The van der Waals surface area contributed by atoms with E-state index in [0.29, 0.717) is 11.8 Å². The Morgan fingerprint density at radius 3 is 2.56 bits per heavy atom. The number of nitrogens with one attached hydrogen (secondary N) is 1. The van der Waals surface area contributed by atoms with E-state index in [0.717, 1.165) is 44.4 Å². The smallest absolute Gasteiger partial charge is 0.222 e. The topological polar surface area (TPSA) is 32.3 Å². The lowest BCUT2D eigenvalue weighted by atomic mass is 9.86. The maximum Gasteiger partial charge on any atom is 0.222 e. The number of hydrogen-bond acceptors (Lipinski definition) is 2. The number of rotatable bonds is 3. The number of likely N-dealkylation sites (tertiary alicyclic amines) is 1. The van der Waals surface area contributed by atoms with Crippen LogP contribution in [0, 0.1) is 17.8 Å². The van der Waals surface area contributed by atoms with Crippen LogP contribution in [0.25, 0.3) is 0 Å². The highest BCUT2D eigenvalue weighted by atomic mass is 16.2. The Balaban J connectivity index is 1.73. The van der Waals surface area contributed by atoms with Crippen LogP contribution in [0.3, 0.4) is 0 Å². The summed E-state index contributed by atoms with van der Waals surface area (Å²) >= 11 is 0. The van der Waals surface area contributed by atoms with Gasteiger partial charge in [0.05, 0.1) is 0 Å². The Morgan fingerprint density at radius 2 is 2.00 bits per heavy atom. The minimum atomic E-state index is 0.394. The first kappa shape index (κ1) is 13.9. The van der Waals surface area contributed by atoms with Gasteiger partial charge in [-0.05, 0) is 56.5 Å². The molecule has 0 aliphatic carbocycles. The van der Waals surface area contributed by atoms with Crippen molar-refractivity contribution in [3.63, 3.8) is 0 Å². The molecule has 0 aromatic carbocycles. The molecule has 1 atom stereocenters. The van der Waals surface area contributed by atoms with Gasteiger partial charge < -0.3 is 10.2 Å². The summed E-state index contributed by atoms with van der Waals surface area (Å²) in [5.74, 6) is 2.56. The van der Waals surface area contributed by atoms with Crippen LogP contribution in [0.1, 0.15) is 46.0 Å². The molecule has 3 nitrogen and oxygen atoms in total. The molecule has 1 amide bonds. The van der Waals surface area contributed by atoms with Crippen LogP contribution in [0.4, 0.5) is 0 Å². The standard InChI is InChI=1S/C15H28N2O/c1-12(2)14-5-8-17(9-6-14)15(18)10-13-4-3-7-16-11-13/h12-14,16H,3-11H2,1-2H3. The molecule has 0 bridgehead atoms. The van der Waals surface area contributed by atoms with Crippen LogP contribution in [-0.4, -0.2) is 37.0 Å². The number of nitrogens with zero attached hydrogens (tertiary/aromatic N) is 1. The van der Waals surface area contributed by atoms with Gasteiger partial charge in [-0.3, -0.25) is 4.79 Å². The first-order valence-electron chi connectivity index (χ1n) is 7.65. The highest BCUT2D eigenvalue weighted by Crippen LogP contribution is 2.25. The lowest BCUT2D eigenvalue weighted by Gasteiger charge is -2.35. The third-order valence-electron chi connectivity index (χ3n) is 4.70. The summed E-state index contributed by atoms with van der Waals surface area (Å²) in [7, 11) is 0. The highest BCUT2D eigenvalue weighted by molar-refractivity contribution is 5.76. The SMILES string of the molecule is CC(C)C1CCN(C(=O)CC2CCCNC2)CC1. The zero-order valence-electron chi connectivity index (χ0n) is 12.0. The Labute approximate surface area is 111 Å². The van der Waals surface area contributed by atoms with Gasteiger partial charge in [0.2, 0.25) is 5.91 Å². The van der Waals surface area contributed by atoms with Crippen LogP contribution in [0.15, 0.2) is 0 Å². The molecule has 0 radical (unpaired) electrons. The summed E-state index contributed by atoms with van der Waals surface area (Å²) < 4.78 is 0. The molecule has 18 heavy (non-hydrogen) atoms. The zero-order chi connectivity index (χ0) is 13.0. The number of hydrogen-bond donors (Lipinski definition) is 1. The molecule has 2 aliphatic heterocycles. The molecule has 0 saturated carbocycles. The van der Waals surface area contributed by atoms with Crippen LogP contribution in [-0.2, 0) is 4.79 Å². The Bertz CT molecular complexity index is 264. The van der Waals surface area contributed by atoms with Crippen molar-refractivity contribution in [3.05, 3.63) is 0 Å². The van der Waals surface area contributed by atoms with Gasteiger partial charge in [-0.25, -0.2) is 0 Å². The molecule has 3 heteroatoms. The number of piperidine rings is 2. The van der Waals surface area contributed by atoms with E-state index < -0.39 is 0 Å². The second kappa shape index (κ2) is 6.55. The average Bonchev–Trinajstić information content (AvgIpc) is 2.40. The Morgan fingerprint density at radius 1 is 1.28 bits per heavy atom. The molecular weight excluding hydrogens is 224 g/mol. The lowest BCUT2D eigenvalue weighted by molar-refractivity contribution is -0.133. The van der Waals surface area contributed by atoms with Gasteiger partial charge in [0.25, 0.3) is 0 Å². The fourth-order valence-corrected chi connectivity index (χ4v) is 3.29. The third-order valence-corrected chi connectivity index (χ3v) is 4.70. The van der Waals surface area contributed by atoms with Gasteiger partial charge in [-0.15, -0.1) is 0 Å². The van der Waals surface area contributed by atoms with Crippen LogP contribution < -0.4 is 5.32 Å². The van der Waals surface area contributed by atoms with Crippen molar-refractivity contribution in [1.29, 1.82) is 0 Å².